The van der Waals surface area contributed by atoms with Crippen molar-refractivity contribution in [1.82, 2.24) is 20.0 Å². The number of hydrogen-bond donors (Lipinski definition) is 2. The quantitative estimate of drug-likeness (QED) is 0.558. The van der Waals surface area contributed by atoms with Crippen LogP contribution in [-0.4, -0.2) is 83.5 Å². The Bertz CT molecular complexity index is 774. The van der Waals surface area contributed by atoms with E-state index in [-0.39, 0.29) is 24.8 Å². The Balaban J connectivity index is 1.61. The SMILES string of the molecule is O=C(CN1C(=O)N/C(=C\c2cccc(Cl)c2)C1=O)N1CCN(CCO)CC1. The first kappa shape index (κ1) is 19.3. The lowest BCUT2D eigenvalue weighted by molar-refractivity contribution is -0.137. The number of aliphatic hydroxyl groups is 1. The van der Waals surface area contributed by atoms with Gasteiger partial charge in [0, 0.05) is 37.7 Å². The van der Waals surface area contributed by atoms with Crippen molar-refractivity contribution in [3.8, 4) is 0 Å². The number of nitrogens with one attached hydrogen (secondary N) is 1. The standard InChI is InChI=1S/C18H21ClN4O4/c19-14-3-1-2-13(10-14)11-15-17(26)23(18(27)20-15)12-16(25)22-6-4-21(5-7-22)8-9-24/h1-3,10-11,24H,4-9,12H2,(H,20,27)/b15-11-. The Labute approximate surface area is 162 Å². The minimum absolute atomic E-state index is 0.0815. The summed E-state index contributed by atoms with van der Waals surface area (Å²) in [6.07, 6.45) is 1.53. The number of benzene rings is 1. The molecule has 2 heterocycles. The molecule has 0 atom stereocenters. The lowest BCUT2D eigenvalue weighted by Crippen LogP contribution is -2.52. The van der Waals surface area contributed by atoms with Crippen LogP contribution >= 0.6 is 11.6 Å². The predicted molar refractivity (Wildman–Crippen MR) is 99.8 cm³/mol. The fourth-order valence-electron chi connectivity index (χ4n) is 3.08. The molecule has 0 aromatic heterocycles. The van der Waals surface area contributed by atoms with Gasteiger partial charge in [-0.1, -0.05) is 23.7 Å². The highest BCUT2D eigenvalue weighted by Crippen LogP contribution is 2.17. The lowest BCUT2D eigenvalue weighted by Gasteiger charge is -2.34. The average molecular weight is 393 g/mol. The summed E-state index contributed by atoms with van der Waals surface area (Å²) in [4.78, 5) is 41.7. The zero-order valence-electron chi connectivity index (χ0n) is 14.7. The summed E-state index contributed by atoms with van der Waals surface area (Å²) in [5, 5.41) is 12.0. The van der Waals surface area contributed by atoms with Gasteiger partial charge in [-0.25, -0.2) is 9.69 Å². The molecule has 0 aliphatic carbocycles. The van der Waals surface area contributed by atoms with Gasteiger partial charge in [0.15, 0.2) is 0 Å². The largest absolute Gasteiger partial charge is 0.395 e. The van der Waals surface area contributed by atoms with E-state index in [9.17, 15) is 14.4 Å². The molecule has 8 nitrogen and oxygen atoms in total. The van der Waals surface area contributed by atoms with Gasteiger partial charge in [-0.15, -0.1) is 0 Å². The van der Waals surface area contributed by atoms with Crippen molar-refractivity contribution in [1.29, 1.82) is 0 Å². The van der Waals surface area contributed by atoms with Crippen LogP contribution in [-0.2, 0) is 9.59 Å². The molecular weight excluding hydrogens is 372 g/mol. The van der Waals surface area contributed by atoms with Crippen LogP contribution in [0.5, 0.6) is 0 Å². The molecule has 3 rings (SSSR count). The molecular formula is C18H21ClN4O4. The van der Waals surface area contributed by atoms with Gasteiger partial charge in [-0.2, -0.15) is 0 Å². The van der Waals surface area contributed by atoms with Crippen LogP contribution in [0.2, 0.25) is 5.02 Å². The van der Waals surface area contributed by atoms with E-state index in [1.807, 2.05) is 0 Å². The molecule has 0 radical (unpaired) electrons. The summed E-state index contributed by atoms with van der Waals surface area (Å²) in [6.45, 7) is 2.70. The Morgan fingerprint density at radius 2 is 1.96 bits per heavy atom. The van der Waals surface area contributed by atoms with Crippen molar-refractivity contribution in [2.45, 2.75) is 0 Å². The lowest BCUT2D eigenvalue weighted by atomic mass is 10.2. The third-order valence-corrected chi connectivity index (χ3v) is 4.79. The van der Waals surface area contributed by atoms with Crippen LogP contribution in [0.4, 0.5) is 4.79 Å². The second kappa shape index (κ2) is 8.51. The number of piperazine rings is 1. The van der Waals surface area contributed by atoms with Crippen molar-refractivity contribution < 1.29 is 19.5 Å². The second-order valence-electron chi connectivity index (χ2n) is 6.38. The Morgan fingerprint density at radius 3 is 2.63 bits per heavy atom. The molecule has 9 heteroatoms. The Kier molecular flexibility index (Phi) is 6.10. The smallest absolute Gasteiger partial charge is 0.329 e. The number of nitrogens with zero attached hydrogens (tertiary/aromatic N) is 3. The number of hydrogen-bond acceptors (Lipinski definition) is 5. The number of carbonyl (C=O) groups excluding carboxylic acids is 3. The first-order valence-electron chi connectivity index (χ1n) is 8.69. The van der Waals surface area contributed by atoms with E-state index >= 15 is 0 Å². The number of aliphatic hydroxyl groups excluding tert-OH is 1. The van der Waals surface area contributed by atoms with Crippen LogP contribution in [0, 0.1) is 0 Å². The number of halogens is 1. The molecule has 144 valence electrons. The third-order valence-electron chi connectivity index (χ3n) is 4.56. The van der Waals surface area contributed by atoms with Gasteiger partial charge in [0.05, 0.1) is 6.61 Å². The van der Waals surface area contributed by atoms with Gasteiger partial charge in [-0.3, -0.25) is 14.5 Å². The van der Waals surface area contributed by atoms with Crippen molar-refractivity contribution in [2.75, 3.05) is 45.9 Å². The van der Waals surface area contributed by atoms with Gasteiger partial charge in [0.25, 0.3) is 5.91 Å². The Hall–Kier alpha value is -2.42. The van der Waals surface area contributed by atoms with Gasteiger partial charge >= 0.3 is 6.03 Å². The van der Waals surface area contributed by atoms with Gasteiger partial charge < -0.3 is 15.3 Å². The fourth-order valence-corrected chi connectivity index (χ4v) is 3.27. The fraction of sp³-hybridized carbons (Fsp3) is 0.389. The summed E-state index contributed by atoms with van der Waals surface area (Å²) in [5.74, 6) is -0.807. The van der Waals surface area contributed by atoms with Crippen molar-refractivity contribution >= 4 is 35.5 Å². The summed E-state index contributed by atoms with van der Waals surface area (Å²) < 4.78 is 0. The van der Waals surface area contributed by atoms with Crippen LogP contribution in [0.15, 0.2) is 30.0 Å². The van der Waals surface area contributed by atoms with E-state index in [1.165, 1.54) is 6.08 Å². The molecule has 0 unspecified atom stereocenters. The molecule has 4 amide bonds. The van der Waals surface area contributed by atoms with Crippen molar-refractivity contribution in [2.24, 2.45) is 0 Å². The zero-order chi connectivity index (χ0) is 19.4. The van der Waals surface area contributed by atoms with Crippen LogP contribution in [0.3, 0.4) is 0 Å². The topological polar surface area (TPSA) is 93.2 Å². The maximum absolute atomic E-state index is 12.5. The average Bonchev–Trinajstić information content (AvgIpc) is 2.90. The van der Waals surface area contributed by atoms with E-state index in [0.717, 1.165) is 4.90 Å². The zero-order valence-corrected chi connectivity index (χ0v) is 15.5. The van der Waals surface area contributed by atoms with Crippen molar-refractivity contribution in [3.05, 3.63) is 40.5 Å². The van der Waals surface area contributed by atoms with Crippen molar-refractivity contribution in [3.63, 3.8) is 0 Å². The maximum atomic E-state index is 12.5. The normalized spacial score (nSPS) is 19.7. The molecule has 2 N–H and O–H groups in total. The molecule has 1 aromatic carbocycles. The summed E-state index contributed by atoms with van der Waals surface area (Å²) in [7, 11) is 0. The number of amides is 4. The predicted octanol–water partition coefficient (Wildman–Crippen LogP) is 0.369. The van der Waals surface area contributed by atoms with Gasteiger partial charge in [-0.05, 0) is 23.8 Å². The van der Waals surface area contributed by atoms with E-state index in [4.69, 9.17) is 16.7 Å². The first-order chi connectivity index (χ1) is 13.0. The minimum atomic E-state index is -0.611. The monoisotopic (exact) mass is 392 g/mol. The highest BCUT2D eigenvalue weighted by atomic mass is 35.5. The number of urea groups is 1. The van der Waals surface area contributed by atoms with Gasteiger partial charge in [0.2, 0.25) is 5.91 Å². The highest BCUT2D eigenvalue weighted by Gasteiger charge is 2.36. The maximum Gasteiger partial charge on any atom is 0.329 e. The minimum Gasteiger partial charge on any atom is -0.395 e. The number of β-amino-alcohol motifs (C(OH)–C–C–N with tert-alkyl or cyclic N) is 1. The molecule has 2 aliphatic rings. The molecule has 1 aromatic rings. The molecule has 2 fully saturated rings. The van der Waals surface area contributed by atoms with Crippen LogP contribution in [0.1, 0.15) is 5.56 Å². The summed E-state index contributed by atoms with van der Waals surface area (Å²) >= 11 is 5.93. The van der Waals surface area contributed by atoms with Crippen LogP contribution in [0.25, 0.3) is 6.08 Å². The van der Waals surface area contributed by atoms with E-state index < -0.39 is 11.9 Å². The van der Waals surface area contributed by atoms with Crippen LogP contribution < -0.4 is 5.32 Å². The Morgan fingerprint density at radius 1 is 1.22 bits per heavy atom. The summed E-state index contributed by atoms with van der Waals surface area (Å²) in [6, 6.07) is 6.28. The highest BCUT2D eigenvalue weighted by molar-refractivity contribution is 6.30. The van der Waals surface area contributed by atoms with E-state index in [1.54, 1.807) is 29.2 Å². The molecule has 0 saturated carbocycles. The summed E-state index contributed by atoms with van der Waals surface area (Å²) in [5.41, 5.74) is 0.794. The second-order valence-corrected chi connectivity index (χ2v) is 6.82. The molecule has 27 heavy (non-hydrogen) atoms. The number of rotatable bonds is 5. The molecule has 2 saturated heterocycles. The van der Waals surface area contributed by atoms with Gasteiger partial charge in [0.1, 0.15) is 12.2 Å². The molecule has 0 bridgehead atoms. The van der Waals surface area contributed by atoms with E-state index in [2.05, 4.69) is 10.2 Å². The molecule has 0 spiro atoms. The third kappa shape index (κ3) is 4.65. The van der Waals surface area contributed by atoms with E-state index in [0.29, 0.717) is 43.3 Å². The molecule has 2 aliphatic heterocycles. The number of imide groups is 1. The first-order valence-corrected chi connectivity index (χ1v) is 9.07. The number of carbonyl (C=O) groups is 3.